The number of nitriles is 1. The van der Waals surface area contributed by atoms with E-state index < -0.39 is 0 Å². The monoisotopic (exact) mass is 611 g/mol. The molecular formula is C43H25N5. The maximum absolute atomic E-state index is 9.48. The largest absolute Gasteiger partial charge is 0.309 e. The lowest BCUT2D eigenvalue weighted by molar-refractivity contribution is 1.18. The Morgan fingerprint density at radius 1 is 0.500 bits per heavy atom. The van der Waals surface area contributed by atoms with Crippen molar-refractivity contribution in [3.05, 3.63) is 169 Å². The van der Waals surface area contributed by atoms with Crippen molar-refractivity contribution >= 4 is 49.3 Å². The molecule has 48 heavy (non-hydrogen) atoms. The van der Waals surface area contributed by atoms with Crippen LogP contribution in [0.1, 0.15) is 5.69 Å². The van der Waals surface area contributed by atoms with E-state index in [0.29, 0.717) is 5.69 Å². The van der Waals surface area contributed by atoms with Crippen LogP contribution in [-0.4, -0.2) is 14.1 Å². The molecule has 9 aromatic rings. The highest BCUT2D eigenvalue weighted by Crippen LogP contribution is 2.38. The number of aromatic nitrogens is 3. The Kier molecular flexibility index (Phi) is 6.18. The molecule has 0 aliphatic rings. The zero-order valence-electron chi connectivity index (χ0n) is 25.7. The first-order valence-corrected chi connectivity index (χ1v) is 15.7. The molecule has 0 N–H and O–H groups in total. The number of hydrogen-bond donors (Lipinski definition) is 0. The number of fused-ring (bicyclic) bond motifs is 6. The summed E-state index contributed by atoms with van der Waals surface area (Å²) in [6, 6.07) is 55.0. The number of benzene rings is 6. The van der Waals surface area contributed by atoms with Crippen molar-refractivity contribution in [1.29, 1.82) is 5.26 Å². The Morgan fingerprint density at radius 3 is 1.79 bits per heavy atom. The molecule has 0 saturated carbocycles. The lowest BCUT2D eigenvalue weighted by atomic mass is 10.0. The van der Waals surface area contributed by atoms with Crippen LogP contribution in [0.5, 0.6) is 0 Å². The van der Waals surface area contributed by atoms with Gasteiger partial charge in [-0.15, -0.1) is 0 Å². The minimum atomic E-state index is 0.143. The third-order valence-corrected chi connectivity index (χ3v) is 9.22. The highest BCUT2D eigenvalue weighted by atomic mass is 15.0. The first kappa shape index (κ1) is 27.4. The third kappa shape index (κ3) is 4.20. The fraction of sp³-hybridized carbons (Fsp3) is 0. The maximum Gasteiger partial charge on any atom is 0.222 e. The first-order chi connectivity index (χ1) is 23.7. The van der Waals surface area contributed by atoms with Crippen LogP contribution in [0.25, 0.3) is 82.2 Å². The van der Waals surface area contributed by atoms with Gasteiger partial charge in [0.1, 0.15) is 11.8 Å². The van der Waals surface area contributed by atoms with E-state index in [9.17, 15) is 5.26 Å². The molecular weight excluding hydrogens is 587 g/mol. The SMILES string of the molecule is [C-]#[N+]c1ccc(-c2ccc(-n3c4ccccc4c4ccc(-c5ccc6c(c5)c5ccccc5n6-c5ccccc5)cc43)cc2)nc1C#N. The van der Waals surface area contributed by atoms with Crippen molar-refractivity contribution in [3.8, 4) is 39.8 Å². The van der Waals surface area contributed by atoms with Gasteiger partial charge < -0.3 is 9.13 Å². The number of rotatable bonds is 4. The summed E-state index contributed by atoms with van der Waals surface area (Å²) < 4.78 is 4.66. The highest BCUT2D eigenvalue weighted by Gasteiger charge is 2.16. The highest BCUT2D eigenvalue weighted by molar-refractivity contribution is 6.12. The van der Waals surface area contributed by atoms with Gasteiger partial charge in [-0.1, -0.05) is 91.0 Å². The average Bonchev–Trinajstić information content (AvgIpc) is 3.67. The predicted molar refractivity (Wildman–Crippen MR) is 195 cm³/mol. The lowest BCUT2D eigenvalue weighted by Gasteiger charge is -2.11. The Bertz CT molecular complexity index is 2790. The van der Waals surface area contributed by atoms with Crippen LogP contribution in [0.4, 0.5) is 5.69 Å². The van der Waals surface area contributed by atoms with Crippen LogP contribution in [0, 0.1) is 17.9 Å². The Morgan fingerprint density at radius 2 is 1.06 bits per heavy atom. The number of para-hydroxylation sites is 3. The molecule has 0 fully saturated rings. The summed E-state index contributed by atoms with van der Waals surface area (Å²) in [4.78, 5) is 7.86. The molecule has 0 bridgehead atoms. The summed E-state index contributed by atoms with van der Waals surface area (Å²) in [7, 11) is 0. The van der Waals surface area contributed by atoms with Crippen molar-refractivity contribution in [2.24, 2.45) is 0 Å². The average molecular weight is 612 g/mol. The Balaban J connectivity index is 1.19. The zero-order chi connectivity index (χ0) is 32.2. The normalized spacial score (nSPS) is 11.3. The Hall–Kier alpha value is -6.95. The molecule has 0 aliphatic heterocycles. The van der Waals surface area contributed by atoms with Gasteiger partial charge in [0.25, 0.3) is 0 Å². The van der Waals surface area contributed by atoms with Crippen LogP contribution in [0.2, 0.25) is 0 Å². The lowest BCUT2D eigenvalue weighted by Crippen LogP contribution is -1.95. The standard InChI is InChI=1S/C43H25N5/c1-45-38-23-22-37(46-39(38)27-44)28-15-19-32(20-16-28)48-40-13-7-5-11-33(40)35-21-17-30(26-43(35)48)29-18-24-42-36(25-29)34-12-6-8-14-41(34)47(42)31-9-3-2-4-10-31/h2-26H. The third-order valence-electron chi connectivity index (χ3n) is 9.22. The van der Waals surface area contributed by atoms with Gasteiger partial charge in [0.15, 0.2) is 0 Å². The maximum atomic E-state index is 9.48. The van der Waals surface area contributed by atoms with E-state index in [1.807, 2.05) is 18.2 Å². The molecule has 5 heteroatoms. The van der Waals surface area contributed by atoms with Gasteiger partial charge in [-0.3, -0.25) is 0 Å². The number of nitrogens with zero attached hydrogens (tertiary/aromatic N) is 5. The number of pyridine rings is 1. The summed E-state index contributed by atoms with van der Waals surface area (Å²) in [6.07, 6.45) is 0. The Labute approximate surface area is 276 Å². The molecule has 0 unspecified atom stereocenters. The van der Waals surface area contributed by atoms with Crippen molar-refractivity contribution in [2.75, 3.05) is 0 Å². The summed E-state index contributed by atoms with van der Waals surface area (Å²) in [5.41, 5.74) is 11.1. The van der Waals surface area contributed by atoms with Crippen molar-refractivity contribution in [3.63, 3.8) is 0 Å². The van der Waals surface area contributed by atoms with E-state index in [4.69, 9.17) is 6.57 Å². The molecule has 0 saturated heterocycles. The molecule has 3 heterocycles. The second-order valence-electron chi connectivity index (χ2n) is 11.8. The zero-order valence-corrected chi connectivity index (χ0v) is 25.7. The fourth-order valence-corrected chi connectivity index (χ4v) is 7.00. The van der Waals surface area contributed by atoms with Gasteiger partial charge in [-0.2, -0.15) is 5.26 Å². The summed E-state index contributed by atoms with van der Waals surface area (Å²) in [5.74, 6) is 0. The molecule has 0 amide bonds. The van der Waals surface area contributed by atoms with Crippen LogP contribution >= 0.6 is 0 Å². The molecule has 0 spiro atoms. The van der Waals surface area contributed by atoms with Gasteiger partial charge in [-0.25, -0.2) is 9.83 Å². The van der Waals surface area contributed by atoms with Crippen LogP contribution in [0.15, 0.2) is 152 Å². The van der Waals surface area contributed by atoms with E-state index in [1.54, 1.807) is 12.1 Å². The molecule has 5 nitrogen and oxygen atoms in total. The minimum absolute atomic E-state index is 0.143. The second kappa shape index (κ2) is 10.8. The van der Waals surface area contributed by atoms with Crippen molar-refractivity contribution < 1.29 is 0 Å². The summed E-state index contributed by atoms with van der Waals surface area (Å²) >= 11 is 0. The topological polar surface area (TPSA) is 50.9 Å². The summed E-state index contributed by atoms with van der Waals surface area (Å²) in [6.45, 7) is 7.30. The van der Waals surface area contributed by atoms with E-state index >= 15 is 0 Å². The fourth-order valence-electron chi connectivity index (χ4n) is 7.00. The van der Waals surface area contributed by atoms with E-state index in [-0.39, 0.29) is 11.4 Å². The molecule has 222 valence electrons. The molecule has 0 atom stereocenters. The summed E-state index contributed by atoms with van der Waals surface area (Å²) in [5, 5.41) is 14.3. The van der Waals surface area contributed by atoms with Crippen molar-refractivity contribution in [2.45, 2.75) is 0 Å². The van der Waals surface area contributed by atoms with Gasteiger partial charge in [0.2, 0.25) is 5.69 Å². The van der Waals surface area contributed by atoms with Crippen molar-refractivity contribution in [1.82, 2.24) is 14.1 Å². The van der Waals surface area contributed by atoms with E-state index in [1.165, 1.54) is 32.6 Å². The van der Waals surface area contributed by atoms with Crippen LogP contribution in [0.3, 0.4) is 0 Å². The minimum Gasteiger partial charge on any atom is -0.309 e. The quantitative estimate of drug-likeness (QED) is 0.186. The predicted octanol–water partition coefficient (Wildman–Crippen LogP) is 11.0. The molecule has 9 rings (SSSR count). The molecule has 6 aromatic carbocycles. The second-order valence-corrected chi connectivity index (χ2v) is 11.8. The molecule has 3 aromatic heterocycles. The van der Waals surface area contributed by atoms with Gasteiger partial charge >= 0.3 is 0 Å². The van der Waals surface area contributed by atoms with E-state index in [0.717, 1.165) is 39.1 Å². The first-order valence-electron chi connectivity index (χ1n) is 15.7. The van der Waals surface area contributed by atoms with E-state index in [2.05, 4.69) is 146 Å². The molecule has 0 radical (unpaired) electrons. The van der Waals surface area contributed by atoms with Crippen LogP contribution < -0.4 is 0 Å². The molecule has 0 aliphatic carbocycles. The van der Waals surface area contributed by atoms with Crippen LogP contribution in [-0.2, 0) is 0 Å². The van der Waals surface area contributed by atoms with Gasteiger partial charge in [0, 0.05) is 38.5 Å². The number of hydrogen-bond acceptors (Lipinski definition) is 2. The van der Waals surface area contributed by atoms with Gasteiger partial charge in [-0.05, 0) is 71.8 Å². The van der Waals surface area contributed by atoms with Gasteiger partial charge in [0.05, 0.1) is 34.3 Å². The smallest absolute Gasteiger partial charge is 0.222 e.